The highest BCUT2D eigenvalue weighted by Gasteiger charge is 2.33. The molecule has 0 saturated carbocycles. The van der Waals surface area contributed by atoms with Crippen molar-refractivity contribution in [1.82, 2.24) is 0 Å². The lowest BCUT2D eigenvalue weighted by Crippen LogP contribution is -2.12. The lowest BCUT2D eigenvalue weighted by molar-refractivity contribution is -0.384. The first-order chi connectivity index (χ1) is 14.3. The smallest absolute Gasteiger partial charge is 0.344 e. The average molecular weight is 465 g/mol. The van der Waals surface area contributed by atoms with Crippen LogP contribution in [0.25, 0.3) is 6.08 Å². The van der Waals surface area contributed by atoms with Gasteiger partial charge in [0.2, 0.25) is 0 Å². The number of hydrogen-bond acceptors (Lipinski definition) is 7. The van der Waals surface area contributed by atoms with Crippen LogP contribution in [0.2, 0.25) is 10.0 Å². The highest BCUT2D eigenvalue weighted by atomic mass is 35.5. The normalized spacial score (nSPS) is 16.4. The summed E-state index contributed by atoms with van der Waals surface area (Å²) in [4.78, 5) is 27.6. The second-order valence-electron chi connectivity index (χ2n) is 5.92. The van der Waals surface area contributed by atoms with Crippen LogP contribution in [0.5, 0.6) is 0 Å². The summed E-state index contributed by atoms with van der Waals surface area (Å²) < 4.78 is 5.04. The van der Waals surface area contributed by atoms with Gasteiger partial charge in [-0.1, -0.05) is 47.1 Å². The molecule has 1 heterocycles. The number of aliphatic hydroxyl groups excluding tert-OH is 1. The molecule has 10 heteroatoms. The molecule has 0 amide bonds. The van der Waals surface area contributed by atoms with Gasteiger partial charge < -0.3 is 9.84 Å². The summed E-state index contributed by atoms with van der Waals surface area (Å²) in [6, 6.07) is 10.6. The summed E-state index contributed by atoms with van der Waals surface area (Å²) in [5, 5.41) is 22.6. The van der Waals surface area contributed by atoms with Crippen LogP contribution in [-0.2, 0) is 9.53 Å². The predicted octanol–water partition coefficient (Wildman–Crippen LogP) is 6.09. The number of nitrogens with zero attached hydrogens (tertiary/aromatic N) is 2. The molecule has 30 heavy (non-hydrogen) atoms. The lowest BCUT2D eigenvalue weighted by Gasteiger charge is -2.05. The Hall–Kier alpha value is -2.81. The standard InChI is InChI=1S/C20H14Cl2N2O5S/c1-2-29-20(26)17-18(25)16(9-11-4-3-5-13(8-11)24(27)28)30-19(17)23-15-7-6-12(21)10-14(15)22/h3-10,25H,2H2,1H3. The van der Waals surface area contributed by atoms with E-state index in [4.69, 9.17) is 27.9 Å². The van der Waals surface area contributed by atoms with Crippen LogP contribution in [0.15, 0.2) is 63.7 Å². The van der Waals surface area contributed by atoms with Crippen LogP contribution in [0.1, 0.15) is 12.5 Å². The number of halogens is 2. The Kier molecular flexibility index (Phi) is 6.81. The Morgan fingerprint density at radius 2 is 2.07 bits per heavy atom. The minimum atomic E-state index is -0.742. The summed E-state index contributed by atoms with van der Waals surface area (Å²) in [5.41, 5.74) is 0.634. The monoisotopic (exact) mass is 464 g/mol. The molecule has 0 unspecified atom stereocenters. The van der Waals surface area contributed by atoms with Gasteiger partial charge >= 0.3 is 5.97 Å². The lowest BCUT2D eigenvalue weighted by atomic mass is 10.1. The van der Waals surface area contributed by atoms with E-state index >= 15 is 0 Å². The number of nitro benzene ring substituents is 1. The number of nitro groups is 1. The van der Waals surface area contributed by atoms with E-state index in [-0.39, 0.29) is 33.7 Å². The van der Waals surface area contributed by atoms with E-state index in [1.807, 2.05) is 0 Å². The topological polar surface area (TPSA) is 102 Å². The first kappa shape index (κ1) is 21.9. The first-order valence-corrected chi connectivity index (χ1v) is 10.2. The van der Waals surface area contributed by atoms with Crippen molar-refractivity contribution in [1.29, 1.82) is 0 Å². The van der Waals surface area contributed by atoms with Crippen molar-refractivity contribution >= 4 is 63.4 Å². The summed E-state index contributed by atoms with van der Waals surface area (Å²) in [5.74, 6) is -1.07. The van der Waals surface area contributed by atoms with Gasteiger partial charge in [-0.2, -0.15) is 0 Å². The molecule has 0 radical (unpaired) electrons. The van der Waals surface area contributed by atoms with E-state index in [9.17, 15) is 20.0 Å². The molecule has 7 nitrogen and oxygen atoms in total. The number of non-ortho nitro benzene ring substituents is 1. The summed E-state index contributed by atoms with van der Waals surface area (Å²) in [6.45, 7) is 1.75. The molecule has 3 rings (SSSR count). The summed E-state index contributed by atoms with van der Waals surface area (Å²) >= 11 is 13.1. The number of thioether (sulfide) groups is 1. The number of aliphatic hydroxyl groups is 1. The van der Waals surface area contributed by atoms with Crippen molar-refractivity contribution in [3.8, 4) is 0 Å². The van der Waals surface area contributed by atoms with Crippen molar-refractivity contribution in [2.75, 3.05) is 6.61 Å². The Morgan fingerprint density at radius 1 is 1.30 bits per heavy atom. The van der Waals surface area contributed by atoms with Gasteiger partial charge in [0.1, 0.15) is 16.4 Å². The van der Waals surface area contributed by atoms with Crippen molar-refractivity contribution < 1.29 is 19.6 Å². The third-order valence-electron chi connectivity index (χ3n) is 3.88. The molecule has 1 aliphatic heterocycles. The van der Waals surface area contributed by atoms with Crippen LogP contribution in [0, 0.1) is 10.1 Å². The van der Waals surface area contributed by atoms with Crippen LogP contribution < -0.4 is 0 Å². The number of aliphatic imine (C=N–C) groups is 1. The van der Waals surface area contributed by atoms with Gasteiger partial charge in [-0.15, -0.1) is 0 Å². The quantitative estimate of drug-likeness (QED) is 0.326. The Bertz CT molecular complexity index is 1130. The third kappa shape index (κ3) is 4.84. The van der Waals surface area contributed by atoms with Crippen LogP contribution in [0.3, 0.4) is 0 Å². The Morgan fingerprint density at radius 3 is 2.73 bits per heavy atom. The van der Waals surface area contributed by atoms with E-state index < -0.39 is 10.9 Å². The molecule has 0 spiro atoms. The van der Waals surface area contributed by atoms with Crippen LogP contribution in [0.4, 0.5) is 11.4 Å². The second kappa shape index (κ2) is 9.34. The van der Waals surface area contributed by atoms with Gasteiger partial charge in [0.25, 0.3) is 5.69 Å². The zero-order chi connectivity index (χ0) is 21.8. The van der Waals surface area contributed by atoms with E-state index in [0.717, 1.165) is 11.8 Å². The Balaban J connectivity index is 2.07. The molecular formula is C20H14Cl2N2O5S. The second-order valence-corrected chi connectivity index (χ2v) is 7.79. The van der Waals surface area contributed by atoms with E-state index in [2.05, 4.69) is 4.99 Å². The number of ether oxygens (including phenoxy) is 1. The summed E-state index contributed by atoms with van der Waals surface area (Å²) in [7, 11) is 0. The third-order valence-corrected chi connectivity index (χ3v) is 5.44. The maximum atomic E-state index is 12.4. The molecule has 1 aliphatic rings. The zero-order valence-electron chi connectivity index (χ0n) is 15.5. The number of rotatable bonds is 5. The molecule has 154 valence electrons. The summed E-state index contributed by atoms with van der Waals surface area (Å²) in [6.07, 6.45) is 1.53. The molecular weight excluding hydrogens is 451 g/mol. The van der Waals surface area contributed by atoms with E-state index in [0.29, 0.717) is 21.2 Å². The highest BCUT2D eigenvalue weighted by Crippen LogP contribution is 2.41. The maximum absolute atomic E-state index is 12.4. The van der Waals surface area contributed by atoms with Crippen molar-refractivity contribution in [3.05, 3.63) is 84.4 Å². The number of carbonyl (C=O) groups excluding carboxylic acids is 1. The fourth-order valence-electron chi connectivity index (χ4n) is 2.55. The van der Waals surface area contributed by atoms with Gasteiger partial charge in [0, 0.05) is 17.2 Å². The van der Waals surface area contributed by atoms with E-state index in [1.165, 1.54) is 30.3 Å². The van der Waals surface area contributed by atoms with Gasteiger partial charge in [0.15, 0.2) is 0 Å². The minimum absolute atomic E-state index is 0.0942. The SMILES string of the molecule is CCOC(=O)C1=C(O)C(=Cc2cccc([N+](=O)[O-])c2)SC1=Nc1ccc(Cl)cc1Cl. The van der Waals surface area contributed by atoms with Gasteiger partial charge in [-0.3, -0.25) is 10.1 Å². The minimum Gasteiger partial charge on any atom is -0.506 e. The van der Waals surface area contributed by atoms with Crippen molar-refractivity contribution in [2.24, 2.45) is 4.99 Å². The highest BCUT2D eigenvalue weighted by molar-refractivity contribution is 8.18. The first-order valence-electron chi connectivity index (χ1n) is 8.59. The van der Waals surface area contributed by atoms with Gasteiger partial charge in [-0.25, -0.2) is 9.79 Å². The van der Waals surface area contributed by atoms with E-state index in [1.54, 1.807) is 25.1 Å². The number of benzene rings is 2. The van der Waals surface area contributed by atoms with Crippen molar-refractivity contribution in [3.63, 3.8) is 0 Å². The largest absolute Gasteiger partial charge is 0.506 e. The van der Waals surface area contributed by atoms with Crippen molar-refractivity contribution in [2.45, 2.75) is 6.92 Å². The molecule has 0 fully saturated rings. The molecule has 0 saturated heterocycles. The Labute approximate surface area is 185 Å². The zero-order valence-corrected chi connectivity index (χ0v) is 17.8. The molecule has 2 aromatic rings. The maximum Gasteiger partial charge on any atom is 0.344 e. The molecule has 2 aromatic carbocycles. The predicted molar refractivity (Wildman–Crippen MR) is 119 cm³/mol. The molecule has 0 aromatic heterocycles. The van der Waals surface area contributed by atoms with Gasteiger partial charge in [0.05, 0.1) is 27.1 Å². The number of esters is 1. The molecule has 0 atom stereocenters. The average Bonchev–Trinajstić information content (AvgIpc) is 2.99. The fourth-order valence-corrected chi connectivity index (χ4v) is 4.03. The molecule has 0 bridgehead atoms. The fraction of sp³-hybridized carbons (Fsp3) is 0.100. The molecule has 0 aliphatic carbocycles. The number of hydrogen-bond donors (Lipinski definition) is 1. The molecule has 1 N–H and O–H groups in total. The van der Waals surface area contributed by atoms with Gasteiger partial charge in [-0.05, 0) is 36.8 Å². The number of carbonyl (C=O) groups is 1. The van der Waals surface area contributed by atoms with Crippen LogP contribution >= 0.6 is 35.0 Å². The van der Waals surface area contributed by atoms with Crippen LogP contribution in [-0.4, -0.2) is 27.6 Å².